The summed E-state index contributed by atoms with van der Waals surface area (Å²) in [7, 11) is 0. The zero-order valence-electron chi connectivity index (χ0n) is 15.0. The molecule has 0 bridgehead atoms. The minimum absolute atomic E-state index is 0.0859. The van der Waals surface area contributed by atoms with Crippen molar-refractivity contribution >= 4 is 17.5 Å². The van der Waals surface area contributed by atoms with Crippen LogP contribution in [0, 0.1) is 5.92 Å². The molecule has 138 valence electrons. The van der Waals surface area contributed by atoms with E-state index in [1.807, 2.05) is 24.3 Å². The summed E-state index contributed by atoms with van der Waals surface area (Å²) >= 11 is 0. The highest BCUT2D eigenvalue weighted by Gasteiger charge is 2.16. The van der Waals surface area contributed by atoms with Crippen LogP contribution in [0.1, 0.15) is 35.7 Å². The van der Waals surface area contributed by atoms with Gasteiger partial charge in [0.25, 0.3) is 5.91 Å². The van der Waals surface area contributed by atoms with Crippen molar-refractivity contribution in [1.82, 2.24) is 10.2 Å². The second-order valence-corrected chi connectivity index (χ2v) is 6.92. The Morgan fingerprint density at radius 2 is 2.04 bits per heavy atom. The smallest absolute Gasteiger partial charge is 0.254 e. The lowest BCUT2D eigenvalue weighted by molar-refractivity contribution is -0.115. The van der Waals surface area contributed by atoms with Crippen molar-refractivity contribution < 1.29 is 14.0 Å². The Hall–Kier alpha value is -2.60. The minimum atomic E-state index is -0.333. The van der Waals surface area contributed by atoms with E-state index >= 15 is 0 Å². The number of anilines is 1. The van der Waals surface area contributed by atoms with Gasteiger partial charge in [0, 0.05) is 18.8 Å². The van der Waals surface area contributed by atoms with Crippen LogP contribution in [0.4, 0.5) is 5.69 Å². The lowest BCUT2D eigenvalue weighted by Crippen LogP contribution is -2.33. The molecule has 1 atom stereocenters. The molecular weight excluding hydrogens is 330 g/mol. The molecule has 2 aromatic rings. The molecule has 1 aromatic carbocycles. The van der Waals surface area contributed by atoms with E-state index in [0.717, 1.165) is 31.2 Å². The first-order chi connectivity index (χ1) is 12.6. The molecule has 1 aliphatic rings. The standard InChI is InChI=1S/C20H25N3O3/c1-15-3-2-9-23(12-15)13-16-4-6-18(7-5-16)22-19(24)11-21-20(25)17-8-10-26-14-17/h4-8,10,14-15H,2-3,9,11-13H2,1H3,(H,21,25)(H,22,24)/t15-/m0/s1. The highest BCUT2D eigenvalue weighted by Crippen LogP contribution is 2.18. The maximum absolute atomic E-state index is 12.0. The third kappa shape index (κ3) is 5.20. The lowest BCUT2D eigenvalue weighted by atomic mass is 10.00. The van der Waals surface area contributed by atoms with E-state index in [1.54, 1.807) is 6.07 Å². The molecule has 3 rings (SSSR count). The van der Waals surface area contributed by atoms with Crippen LogP contribution in [0.5, 0.6) is 0 Å². The summed E-state index contributed by atoms with van der Waals surface area (Å²) < 4.78 is 4.84. The van der Waals surface area contributed by atoms with E-state index in [1.165, 1.54) is 30.9 Å². The Kier molecular flexibility index (Phi) is 6.07. The molecule has 0 saturated carbocycles. The van der Waals surface area contributed by atoms with Crippen molar-refractivity contribution in [2.75, 3.05) is 25.0 Å². The molecule has 26 heavy (non-hydrogen) atoms. The fourth-order valence-electron chi connectivity index (χ4n) is 3.24. The second kappa shape index (κ2) is 8.67. The molecule has 1 aliphatic heterocycles. The Labute approximate surface area is 153 Å². The first kappa shape index (κ1) is 18.2. The van der Waals surface area contributed by atoms with Gasteiger partial charge in [-0.05, 0) is 49.1 Å². The molecule has 0 radical (unpaired) electrons. The minimum Gasteiger partial charge on any atom is -0.472 e. The Morgan fingerprint density at radius 1 is 1.23 bits per heavy atom. The highest BCUT2D eigenvalue weighted by atomic mass is 16.3. The predicted molar refractivity (Wildman–Crippen MR) is 99.8 cm³/mol. The monoisotopic (exact) mass is 355 g/mol. The van der Waals surface area contributed by atoms with Gasteiger partial charge in [-0.3, -0.25) is 14.5 Å². The molecule has 1 saturated heterocycles. The first-order valence-corrected chi connectivity index (χ1v) is 9.01. The summed E-state index contributed by atoms with van der Waals surface area (Å²) in [5.74, 6) is 0.166. The predicted octanol–water partition coefficient (Wildman–Crippen LogP) is 2.88. The number of nitrogens with zero attached hydrogens (tertiary/aromatic N) is 1. The number of carbonyl (C=O) groups excluding carboxylic acids is 2. The van der Waals surface area contributed by atoms with Crippen LogP contribution in [0.25, 0.3) is 0 Å². The second-order valence-electron chi connectivity index (χ2n) is 6.92. The maximum atomic E-state index is 12.0. The van der Waals surface area contributed by atoms with E-state index in [0.29, 0.717) is 5.56 Å². The van der Waals surface area contributed by atoms with E-state index in [9.17, 15) is 9.59 Å². The number of hydrogen-bond donors (Lipinski definition) is 2. The summed E-state index contributed by atoms with van der Waals surface area (Å²) in [6.07, 6.45) is 5.34. The van der Waals surface area contributed by atoms with Gasteiger partial charge in [-0.15, -0.1) is 0 Å². The Balaban J connectivity index is 1.44. The third-order valence-corrected chi connectivity index (χ3v) is 4.58. The van der Waals surface area contributed by atoms with Crippen molar-refractivity contribution in [3.8, 4) is 0 Å². The van der Waals surface area contributed by atoms with Gasteiger partial charge in [0.15, 0.2) is 0 Å². The Morgan fingerprint density at radius 3 is 2.73 bits per heavy atom. The average Bonchev–Trinajstić information content (AvgIpc) is 3.16. The maximum Gasteiger partial charge on any atom is 0.254 e. The van der Waals surface area contributed by atoms with Gasteiger partial charge in [-0.2, -0.15) is 0 Å². The summed E-state index contributed by atoms with van der Waals surface area (Å²) in [4.78, 5) is 26.2. The van der Waals surface area contributed by atoms with Gasteiger partial charge in [-0.1, -0.05) is 19.1 Å². The molecule has 2 heterocycles. The summed E-state index contributed by atoms with van der Waals surface area (Å²) in [6, 6.07) is 9.43. The van der Waals surface area contributed by atoms with Crippen LogP contribution < -0.4 is 10.6 Å². The van der Waals surface area contributed by atoms with Gasteiger partial charge in [-0.25, -0.2) is 0 Å². The van der Waals surface area contributed by atoms with Crippen LogP contribution in [0.3, 0.4) is 0 Å². The van der Waals surface area contributed by atoms with Crippen molar-refractivity contribution in [2.24, 2.45) is 5.92 Å². The molecule has 6 heteroatoms. The van der Waals surface area contributed by atoms with Gasteiger partial charge in [0.2, 0.25) is 5.91 Å². The first-order valence-electron chi connectivity index (χ1n) is 9.01. The largest absolute Gasteiger partial charge is 0.472 e. The summed E-state index contributed by atoms with van der Waals surface area (Å²) in [5, 5.41) is 5.35. The number of nitrogens with one attached hydrogen (secondary N) is 2. The third-order valence-electron chi connectivity index (χ3n) is 4.58. The SMILES string of the molecule is C[C@H]1CCCN(Cc2ccc(NC(=O)CNC(=O)c3ccoc3)cc2)C1. The van der Waals surface area contributed by atoms with E-state index in [2.05, 4.69) is 22.5 Å². The molecule has 1 fully saturated rings. The quantitative estimate of drug-likeness (QED) is 0.836. The van der Waals surface area contributed by atoms with Crippen molar-refractivity contribution in [3.63, 3.8) is 0 Å². The van der Waals surface area contributed by atoms with Crippen LogP contribution in [-0.2, 0) is 11.3 Å². The molecule has 1 aromatic heterocycles. The number of likely N-dealkylation sites (tertiary alicyclic amines) is 1. The summed E-state index contributed by atoms with van der Waals surface area (Å²) in [6.45, 7) is 5.46. The van der Waals surface area contributed by atoms with E-state index in [4.69, 9.17) is 4.42 Å². The highest BCUT2D eigenvalue weighted by molar-refractivity contribution is 5.99. The fourth-order valence-corrected chi connectivity index (χ4v) is 3.24. The molecule has 0 unspecified atom stereocenters. The number of carbonyl (C=O) groups is 2. The fraction of sp³-hybridized carbons (Fsp3) is 0.400. The van der Waals surface area contributed by atoms with Gasteiger partial charge in [0.05, 0.1) is 18.4 Å². The number of piperidine rings is 1. The van der Waals surface area contributed by atoms with E-state index in [-0.39, 0.29) is 18.4 Å². The molecule has 0 aliphatic carbocycles. The van der Waals surface area contributed by atoms with E-state index < -0.39 is 0 Å². The normalized spacial score (nSPS) is 17.7. The van der Waals surface area contributed by atoms with Crippen LogP contribution in [0.15, 0.2) is 47.3 Å². The molecule has 0 spiro atoms. The van der Waals surface area contributed by atoms with Crippen molar-refractivity contribution in [2.45, 2.75) is 26.3 Å². The van der Waals surface area contributed by atoms with Crippen LogP contribution in [0.2, 0.25) is 0 Å². The van der Waals surface area contributed by atoms with Crippen LogP contribution in [-0.4, -0.2) is 36.3 Å². The molecule has 2 amide bonds. The molecular formula is C20H25N3O3. The van der Waals surface area contributed by atoms with Gasteiger partial charge < -0.3 is 15.1 Å². The molecule has 2 N–H and O–H groups in total. The number of rotatable bonds is 6. The number of furan rings is 1. The average molecular weight is 355 g/mol. The van der Waals surface area contributed by atoms with Gasteiger partial charge >= 0.3 is 0 Å². The van der Waals surface area contributed by atoms with Crippen molar-refractivity contribution in [3.05, 3.63) is 54.0 Å². The lowest BCUT2D eigenvalue weighted by Gasteiger charge is -2.30. The van der Waals surface area contributed by atoms with Crippen LogP contribution >= 0.6 is 0 Å². The number of hydrogen-bond acceptors (Lipinski definition) is 4. The number of benzene rings is 1. The molecule has 6 nitrogen and oxygen atoms in total. The number of amides is 2. The summed E-state index contributed by atoms with van der Waals surface area (Å²) in [5.41, 5.74) is 2.36. The zero-order valence-corrected chi connectivity index (χ0v) is 15.0. The van der Waals surface area contributed by atoms with Gasteiger partial charge in [0.1, 0.15) is 6.26 Å². The van der Waals surface area contributed by atoms with Crippen molar-refractivity contribution in [1.29, 1.82) is 0 Å². The zero-order chi connectivity index (χ0) is 18.4. The Bertz CT molecular complexity index is 725. The topological polar surface area (TPSA) is 74.6 Å².